The first kappa shape index (κ1) is 17.8. The molecule has 1 amide bonds. The molecule has 2 N–H and O–H groups in total. The van der Waals surface area contributed by atoms with E-state index in [-0.39, 0.29) is 18.6 Å². The largest absolute Gasteiger partial charge is 0.490 e. The van der Waals surface area contributed by atoms with Crippen molar-refractivity contribution in [3.8, 4) is 11.5 Å². The number of nitrogens with zero attached hydrogens (tertiary/aromatic N) is 1. The van der Waals surface area contributed by atoms with Gasteiger partial charge in [0, 0.05) is 0 Å². The maximum atomic E-state index is 12.2. The van der Waals surface area contributed by atoms with E-state index in [1.165, 1.54) is 0 Å². The topological polar surface area (TPSA) is 76.2 Å². The van der Waals surface area contributed by atoms with E-state index in [0.717, 1.165) is 17.5 Å². The lowest BCUT2D eigenvalue weighted by Gasteiger charge is -2.14. The minimum Gasteiger partial charge on any atom is -0.490 e. The first-order valence-corrected chi connectivity index (χ1v) is 8.76. The Morgan fingerprint density at radius 2 is 1.81 bits per heavy atom. The average molecular weight is 353 g/mol. The van der Waals surface area contributed by atoms with Gasteiger partial charge < -0.3 is 19.8 Å². The van der Waals surface area contributed by atoms with Crippen LogP contribution in [0.2, 0.25) is 0 Å². The monoisotopic (exact) mass is 353 g/mol. The molecule has 0 spiro atoms. The highest BCUT2D eigenvalue weighted by Crippen LogP contribution is 2.26. The van der Waals surface area contributed by atoms with Crippen molar-refractivity contribution in [3.05, 3.63) is 54.4 Å². The number of para-hydroxylation sites is 4. The lowest BCUT2D eigenvalue weighted by molar-refractivity contribution is -0.123. The fraction of sp³-hybridized carbons (Fsp3) is 0.300. The van der Waals surface area contributed by atoms with Crippen LogP contribution in [0, 0.1) is 0 Å². The van der Waals surface area contributed by atoms with Crippen molar-refractivity contribution < 1.29 is 14.3 Å². The molecule has 1 atom stereocenters. The summed E-state index contributed by atoms with van der Waals surface area (Å²) in [5, 5.41) is 2.89. The third-order valence-corrected chi connectivity index (χ3v) is 3.86. The normalized spacial score (nSPS) is 11.9. The van der Waals surface area contributed by atoms with Crippen molar-refractivity contribution in [1.29, 1.82) is 0 Å². The van der Waals surface area contributed by atoms with Crippen molar-refractivity contribution in [3.63, 3.8) is 0 Å². The van der Waals surface area contributed by atoms with Gasteiger partial charge in [-0.15, -0.1) is 0 Å². The number of rotatable bonds is 8. The second kappa shape index (κ2) is 8.38. The molecule has 2 aromatic carbocycles. The number of fused-ring (bicyclic) bond motifs is 1. The SMILES string of the molecule is CCCOc1ccccc1OCC(=O)N[C@@H](C)c1nc2ccccc2[nH]1. The van der Waals surface area contributed by atoms with Crippen LogP contribution < -0.4 is 14.8 Å². The molecule has 0 unspecified atom stereocenters. The Kier molecular flexibility index (Phi) is 5.73. The summed E-state index contributed by atoms with van der Waals surface area (Å²) in [6.45, 7) is 4.44. The molecule has 1 heterocycles. The molecule has 0 fully saturated rings. The summed E-state index contributed by atoms with van der Waals surface area (Å²) < 4.78 is 11.3. The molecule has 136 valence electrons. The highest BCUT2D eigenvalue weighted by molar-refractivity contribution is 5.78. The maximum absolute atomic E-state index is 12.2. The second-order valence-electron chi connectivity index (χ2n) is 6.01. The van der Waals surface area contributed by atoms with Crippen LogP contribution in [0.25, 0.3) is 11.0 Å². The van der Waals surface area contributed by atoms with Crippen molar-refractivity contribution in [1.82, 2.24) is 15.3 Å². The smallest absolute Gasteiger partial charge is 0.258 e. The molecule has 3 aromatic rings. The van der Waals surface area contributed by atoms with E-state index in [0.29, 0.717) is 23.9 Å². The number of nitrogens with one attached hydrogen (secondary N) is 2. The molecule has 6 nitrogen and oxygen atoms in total. The Labute approximate surface area is 152 Å². The van der Waals surface area contributed by atoms with Gasteiger partial charge in [-0.3, -0.25) is 4.79 Å². The van der Waals surface area contributed by atoms with Crippen molar-refractivity contribution in [2.24, 2.45) is 0 Å². The van der Waals surface area contributed by atoms with Crippen LogP contribution in [0.3, 0.4) is 0 Å². The minimum absolute atomic E-state index is 0.0862. The first-order chi connectivity index (χ1) is 12.7. The predicted octanol–water partition coefficient (Wildman–Crippen LogP) is 3.61. The number of aromatic amines is 1. The number of hydrogen-bond acceptors (Lipinski definition) is 4. The van der Waals surface area contributed by atoms with Gasteiger partial charge in [-0.1, -0.05) is 31.2 Å². The van der Waals surface area contributed by atoms with Gasteiger partial charge in [0.05, 0.1) is 23.7 Å². The van der Waals surface area contributed by atoms with E-state index >= 15 is 0 Å². The molecule has 6 heteroatoms. The van der Waals surface area contributed by atoms with E-state index in [1.807, 2.05) is 56.3 Å². The fourth-order valence-corrected chi connectivity index (χ4v) is 2.57. The summed E-state index contributed by atoms with van der Waals surface area (Å²) in [6.07, 6.45) is 0.907. The summed E-state index contributed by atoms with van der Waals surface area (Å²) in [4.78, 5) is 19.9. The van der Waals surface area contributed by atoms with Gasteiger partial charge in [0.1, 0.15) is 5.82 Å². The summed E-state index contributed by atoms with van der Waals surface area (Å²) in [5.41, 5.74) is 1.82. The number of H-pyrrole nitrogens is 1. The van der Waals surface area contributed by atoms with Gasteiger partial charge >= 0.3 is 0 Å². The maximum Gasteiger partial charge on any atom is 0.258 e. The fourth-order valence-electron chi connectivity index (χ4n) is 2.57. The molecule has 1 aromatic heterocycles. The number of carbonyl (C=O) groups is 1. The highest BCUT2D eigenvalue weighted by Gasteiger charge is 2.14. The summed E-state index contributed by atoms with van der Waals surface area (Å²) >= 11 is 0. The van der Waals surface area contributed by atoms with Gasteiger partial charge in [-0.25, -0.2) is 4.98 Å². The van der Waals surface area contributed by atoms with Crippen LogP contribution >= 0.6 is 0 Å². The van der Waals surface area contributed by atoms with E-state index in [1.54, 1.807) is 6.07 Å². The highest BCUT2D eigenvalue weighted by atomic mass is 16.5. The predicted molar refractivity (Wildman–Crippen MR) is 100 cm³/mol. The molecular weight excluding hydrogens is 330 g/mol. The summed E-state index contributed by atoms with van der Waals surface area (Å²) in [5.74, 6) is 1.70. The van der Waals surface area contributed by atoms with Crippen LogP contribution in [-0.4, -0.2) is 29.1 Å². The van der Waals surface area contributed by atoms with Gasteiger partial charge in [0.25, 0.3) is 5.91 Å². The van der Waals surface area contributed by atoms with Crippen LogP contribution in [0.15, 0.2) is 48.5 Å². The lowest BCUT2D eigenvalue weighted by atomic mass is 10.3. The number of aromatic nitrogens is 2. The zero-order valence-corrected chi connectivity index (χ0v) is 15.0. The number of benzene rings is 2. The Morgan fingerprint density at radius 3 is 2.54 bits per heavy atom. The standard InChI is InChI=1S/C20H23N3O3/c1-3-12-25-17-10-6-7-11-18(17)26-13-19(24)21-14(2)20-22-15-8-4-5-9-16(15)23-20/h4-11,14H,3,12-13H2,1-2H3,(H,21,24)(H,22,23)/t14-/m0/s1. The van der Waals surface area contributed by atoms with Gasteiger partial charge in [0.15, 0.2) is 18.1 Å². The summed E-state index contributed by atoms with van der Waals surface area (Å²) in [7, 11) is 0. The second-order valence-corrected chi connectivity index (χ2v) is 6.01. The van der Waals surface area contributed by atoms with Gasteiger partial charge in [-0.2, -0.15) is 0 Å². The number of carbonyl (C=O) groups excluding carboxylic acids is 1. The van der Waals surface area contributed by atoms with E-state index < -0.39 is 0 Å². The molecule has 0 saturated carbocycles. The molecule has 0 bridgehead atoms. The molecule has 0 aliphatic carbocycles. The molecule has 0 saturated heterocycles. The van der Waals surface area contributed by atoms with E-state index in [2.05, 4.69) is 15.3 Å². The van der Waals surface area contributed by atoms with Crippen LogP contribution in [-0.2, 0) is 4.79 Å². The van der Waals surface area contributed by atoms with Crippen LogP contribution in [0.5, 0.6) is 11.5 Å². The third kappa shape index (κ3) is 4.33. The Morgan fingerprint density at radius 1 is 1.12 bits per heavy atom. The number of amides is 1. The molecule has 0 aliphatic heterocycles. The molecule has 0 radical (unpaired) electrons. The molecule has 3 rings (SSSR count). The van der Waals surface area contributed by atoms with Crippen LogP contribution in [0.4, 0.5) is 0 Å². The minimum atomic E-state index is -0.245. The van der Waals surface area contributed by atoms with E-state index in [9.17, 15) is 4.79 Å². The Hall–Kier alpha value is -3.02. The van der Waals surface area contributed by atoms with E-state index in [4.69, 9.17) is 9.47 Å². The zero-order valence-electron chi connectivity index (χ0n) is 15.0. The Bertz CT molecular complexity index is 842. The lowest BCUT2D eigenvalue weighted by Crippen LogP contribution is -2.31. The quantitative estimate of drug-likeness (QED) is 0.649. The zero-order chi connectivity index (χ0) is 18.4. The number of ether oxygens (including phenoxy) is 2. The molecular formula is C20H23N3O3. The summed E-state index contributed by atoms with van der Waals surface area (Å²) in [6, 6.07) is 14.9. The van der Waals surface area contributed by atoms with Crippen molar-refractivity contribution in [2.45, 2.75) is 26.3 Å². The van der Waals surface area contributed by atoms with Crippen LogP contribution in [0.1, 0.15) is 32.1 Å². The van der Waals surface area contributed by atoms with Crippen molar-refractivity contribution >= 4 is 16.9 Å². The third-order valence-electron chi connectivity index (χ3n) is 3.86. The van der Waals surface area contributed by atoms with Gasteiger partial charge in [0.2, 0.25) is 0 Å². The number of hydrogen-bond donors (Lipinski definition) is 2. The van der Waals surface area contributed by atoms with Gasteiger partial charge in [-0.05, 0) is 37.6 Å². The van der Waals surface area contributed by atoms with Crippen molar-refractivity contribution in [2.75, 3.05) is 13.2 Å². The Balaban J connectivity index is 1.57. The average Bonchev–Trinajstić information content (AvgIpc) is 3.09. The number of imidazole rings is 1. The molecule has 0 aliphatic rings. The first-order valence-electron chi connectivity index (χ1n) is 8.76. The molecule has 26 heavy (non-hydrogen) atoms.